The summed E-state index contributed by atoms with van der Waals surface area (Å²) in [6.45, 7) is 35.7. The minimum atomic E-state index is -0.249. The van der Waals surface area contributed by atoms with Gasteiger partial charge in [0.05, 0.1) is 12.2 Å². The average Bonchev–Trinajstić information content (AvgIpc) is 3.81. The number of anilines is 1. The Kier molecular flexibility index (Phi) is 19.6. The van der Waals surface area contributed by atoms with Crippen molar-refractivity contribution in [1.29, 1.82) is 0 Å². The molecular formula is C72H92N3O6+. The summed E-state index contributed by atoms with van der Waals surface area (Å²) in [6, 6.07) is 36.5. The Balaban J connectivity index is 1.13. The Labute approximate surface area is 484 Å². The third-order valence-electron chi connectivity index (χ3n) is 15.6. The molecule has 0 amide bonds. The van der Waals surface area contributed by atoms with Crippen molar-refractivity contribution in [1.82, 2.24) is 4.57 Å². The normalized spacial score (nSPS) is 13.0. The average molecular weight is 1100 g/mol. The molecular weight excluding hydrogens is 1000 g/mol. The van der Waals surface area contributed by atoms with Crippen molar-refractivity contribution in [3.63, 3.8) is 0 Å². The maximum Gasteiger partial charge on any atom is 0.306 e. The highest BCUT2D eigenvalue weighted by atomic mass is 16.5. The van der Waals surface area contributed by atoms with Gasteiger partial charge in [-0.15, -0.1) is 0 Å². The van der Waals surface area contributed by atoms with E-state index in [1.807, 2.05) is 24.3 Å². The summed E-state index contributed by atoms with van der Waals surface area (Å²) in [5, 5.41) is 23.6. The number of fused-ring (bicyclic) bond motifs is 1. The Morgan fingerprint density at radius 1 is 0.593 bits per heavy atom. The van der Waals surface area contributed by atoms with Crippen molar-refractivity contribution >= 4 is 39.8 Å². The van der Waals surface area contributed by atoms with Crippen LogP contribution in [0.4, 0.5) is 5.69 Å². The smallest absolute Gasteiger partial charge is 0.306 e. The fourth-order valence-electron chi connectivity index (χ4n) is 11.1. The zero-order valence-electron chi connectivity index (χ0n) is 51.5. The van der Waals surface area contributed by atoms with Gasteiger partial charge in [0.25, 0.3) is 0 Å². The molecule has 0 bridgehead atoms. The summed E-state index contributed by atoms with van der Waals surface area (Å²) in [6.07, 6.45) is 11.4. The topological polar surface area (TPSA) is 104 Å². The number of aromatic hydroxyl groups is 2. The van der Waals surface area contributed by atoms with E-state index in [2.05, 4.69) is 221 Å². The Morgan fingerprint density at radius 2 is 1.07 bits per heavy atom. The molecule has 1 aromatic heterocycles. The largest absolute Gasteiger partial charge is 0.507 e. The number of hydrogen-bond acceptors (Lipinski definition) is 7. The van der Waals surface area contributed by atoms with Crippen LogP contribution in [0.25, 0.3) is 27.7 Å². The van der Waals surface area contributed by atoms with Crippen molar-refractivity contribution in [3.8, 4) is 22.8 Å². The second-order valence-electron chi connectivity index (χ2n) is 25.9. The van der Waals surface area contributed by atoms with Gasteiger partial charge in [-0.1, -0.05) is 175 Å². The standard InChI is InChI=1S/C72H91N3O6/c1-16-40-75-61-27-23-22-26-56(61)65(66(75)53-24-20-19-21-25-53)64(51-30-34-54(35-31-51)73(17-2)41-43-80-62(76)38-28-49-45-57(69(4,5)6)67(78)58(46-49)70(7,8)9)52-32-36-55(37-33-52)74(18-3)42-44-81-63(77)39-29-50-47-59(71(10,11)12)68(79)60(48-50)72(13,14)15/h19-27,30-37,45-48H,16-18,28-29,38-44H2,1-15H3,(H-,78,79)/p+1. The molecule has 0 fully saturated rings. The van der Waals surface area contributed by atoms with Gasteiger partial charge in [-0.2, -0.15) is 0 Å². The molecule has 1 aliphatic rings. The zero-order valence-corrected chi connectivity index (χ0v) is 51.5. The van der Waals surface area contributed by atoms with Crippen molar-refractivity contribution in [2.45, 2.75) is 164 Å². The molecule has 0 aliphatic heterocycles. The predicted molar refractivity (Wildman–Crippen MR) is 337 cm³/mol. The molecule has 81 heavy (non-hydrogen) atoms. The Hall–Kier alpha value is -7.13. The SMILES string of the molecule is CCCn1c(-c2ccccc2)c(C(=C2C=CC(=[N+](CC)CCOC(=O)CCc3cc(C(C)(C)C)c(O)c(C(C)(C)C)c3)C=C2)c2ccc(N(CC)CCOC(=O)CCc3cc(C(C)(C)C)c(O)c(C(C)(C)C)c3)cc2)c2ccccc21. The molecule has 1 aliphatic carbocycles. The van der Waals surface area contributed by atoms with Crippen LogP contribution in [0.5, 0.6) is 11.5 Å². The number of para-hydroxylation sites is 1. The summed E-state index contributed by atoms with van der Waals surface area (Å²) < 4.78 is 16.5. The zero-order chi connectivity index (χ0) is 59.0. The number of carbonyl (C=O) groups is 2. The van der Waals surface area contributed by atoms with E-state index in [1.54, 1.807) is 0 Å². The minimum Gasteiger partial charge on any atom is -0.507 e. The predicted octanol–water partition coefficient (Wildman–Crippen LogP) is 15.9. The Morgan fingerprint density at radius 3 is 1.54 bits per heavy atom. The lowest BCUT2D eigenvalue weighted by molar-refractivity contribution is -0.524. The quantitative estimate of drug-likeness (QED) is 0.0580. The van der Waals surface area contributed by atoms with Crippen LogP contribution < -0.4 is 4.90 Å². The first-order valence-electron chi connectivity index (χ1n) is 29.5. The monoisotopic (exact) mass is 1090 g/mol. The second-order valence-corrected chi connectivity index (χ2v) is 25.9. The fourth-order valence-corrected chi connectivity index (χ4v) is 11.1. The molecule has 5 aromatic carbocycles. The van der Waals surface area contributed by atoms with Gasteiger partial charge >= 0.3 is 11.9 Å². The molecule has 7 rings (SSSR count). The van der Waals surface area contributed by atoms with Crippen LogP contribution in [0.1, 0.15) is 168 Å². The number of likely N-dealkylation sites (N-methyl/N-ethyl adjacent to an activating group) is 2. The van der Waals surface area contributed by atoms with Gasteiger partial charge in [-0.3, -0.25) is 9.59 Å². The molecule has 9 heteroatoms. The fraction of sp³-hybridized carbons (Fsp3) is 0.431. The first-order chi connectivity index (χ1) is 38.2. The highest BCUT2D eigenvalue weighted by molar-refractivity contribution is 6.08. The minimum absolute atomic E-state index is 0.237. The van der Waals surface area contributed by atoms with Gasteiger partial charge in [0, 0.05) is 60.2 Å². The van der Waals surface area contributed by atoms with Gasteiger partial charge in [-0.05, 0) is 141 Å². The van der Waals surface area contributed by atoms with E-state index in [-0.39, 0.29) is 59.7 Å². The number of ether oxygens (including phenoxy) is 2. The number of carbonyl (C=O) groups excluding carboxylic acids is 2. The van der Waals surface area contributed by atoms with Crippen molar-refractivity contribution in [2.24, 2.45) is 0 Å². The van der Waals surface area contributed by atoms with Gasteiger partial charge in [0.15, 0.2) is 12.3 Å². The van der Waals surface area contributed by atoms with E-state index in [0.29, 0.717) is 37.4 Å². The lowest BCUT2D eigenvalue weighted by Gasteiger charge is -2.28. The number of aryl methyl sites for hydroxylation is 3. The number of phenolic OH excluding ortho intramolecular Hbond substituents is 2. The molecule has 1 heterocycles. The lowest BCUT2D eigenvalue weighted by Crippen LogP contribution is -2.28. The van der Waals surface area contributed by atoms with E-state index < -0.39 is 0 Å². The van der Waals surface area contributed by atoms with Crippen LogP contribution in [0.15, 0.2) is 133 Å². The lowest BCUT2D eigenvalue weighted by atomic mass is 9.78. The molecule has 0 unspecified atom stereocenters. The molecule has 0 radical (unpaired) electrons. The van der Waals surface area contributed by atoms with Crippen LogP contribution in [-0.4, -0.2) is 76.4 Å². The van der Waals surface area contributed by atoms with E-state index in [0.717, 1.165) is 93.1 Å². The number of phenols is 2. The molecule has 2 N–H and O–H groups in total. The Bertz CT molecular complexity index is 3230. The summed E-state index contributed by atoms with van der Waals surface area (Å²) in [5.74, 6) is 0.206. The summed E-state index contributed by atoms with van der Waals surface area (Å²) in [4.78, 5) is 28.8. The number of hydrogen-bond donors (Lipinski definition) is 2. The van der Waals surface area contributed by atoms with Crippen LogP contribution >= 0.6 is 0 Å². The van der Waals surface area contributed by atoms with E-state index in [1.165, 1.54) is 22.2 Å². The van der Waals surface area contributed by atoms with Crippen LogP contribution in [0.3, 0.4) is 0 Å². The number of benzene rings is 5. The summed E-state index contributed by atoms with van der Waals surface area (Å²) in [7, 11) is 0. The third kappa shape index (κ3) is 14.9. The molecule has 0 atom stereocenters. The second kappa shape index (κ2) is 25.8. The van der Waals surface area contributed by atoms with Crippen molar-refractivity contribution < 1.29 is 33.9 Å². The molecule has 0 spiro atoms. The van der Waals surface area contributed by atoms with Crippen molar-refractivity contribution in [2.75, 3.05) is 44.3 Å². The summed E-state index contributed by atoms with van der Waals surface area (Å²) >= 11 is 0. The maximum absolute atomic E-state index is 13.3. The molecule has 0 saturated heterocycles. The van der Waals surface area contributed by atoms with E-state index in [4.69, 9.17) is 9.47 Å². The van der Waals surface area contributed by atoms with E-state index >= 15 is 0 Å². The molecule has 6 aromatic rings. The highest BCUT2D eigenvalue weighted by Gasteiger charge is 2.30. The third-order valence-corrected chi connectivity index (χ3v) is 15.6. The highest BCUT2D eigenvalue weighted by Crippen LogP contribution is 2.45. The number of esters is 2. The van der Waals surface area contributed by atoms with Gasteiger partial charge in [-0.25, -0.2) is 4.58 Å². The van der Waals surface area contributed by atoms with Crippen LogP contribution in [0, 0.1) is 0 Å². The molecule has 0 saturated carbocycles. The van der Waals surface area contributed by atoms with Gasteiger partial charge in [0.1, 0.15) is 31.3 Å². The van der Waals surface area contributed by atoms with Crippen LogP contribution in [0.2, 0.25) is 0 Å². The molecule has 430 valence electrons. The first kappa shape index (κ1) is 61.5. The van der Waals surface area contributed by atoms with Crippen LogP contribution in [-0.2, 0) is 60.1 Å². The molecule has 9 nitrogen and oxygen atoms in total. The van der Waals surface area contributed by atoms with Gasteiger partial charge < -0.3 is 29.2 Å². The number of nitrogens with zero attached hydrogens (tertiary/aromatic N) is 3. The van der Waals surface area contributed by atoms with Crippen molar-refractivity contribution in [3.05, 3.63) is 178 Å². The number of rotatable bonds is 20. The summed E-state index contributed by atoms with van der Waals surface area (Å²) in [5.41, 5.74) is 14.7. The first-order valence-corrected chi connectivity index (χ1v) is 29.5. The number of allylic oxidation sites excluding steroid dienone is 5. The van der Waals surface area contributed by atoms with E-state index in [9.17, 15) is 19.8 Å². The maximum atomic E-state index is 13.3. The van der Waals surface area contributed by atoms with Gasteiger partial charge in [0.2, 0.25) is 0 Å². The number of aromatic nitrogens is 1.